The Bertz CT molecular complexity index is 566. The minimum atomic E-state index is 0. The van der Waals surface area contributed by atoms with Gasteiger partial charge in [0.25, 0.3) is 0 Å². The van der Waals surface area contributed by atoms with Crippen molar-refractivity contribution in [2.75, 3.05) is 44.8 Å². The lowest BCUT2D eigenvalue weighted by Crippen LogP contribution is -2.46. The van der Waals surface area contributed by atoms with E-state index in [-0.39, 0.29) is 36.4 Å². The molecule has 0 aliphatic carbocycles. The summed E-state index contributed by atoms with van der Waals surface area (Å²) in [4.78, 5) is 18.6. The molecule has 0 aromatic heterocycles. The van der Waals surface area contributed by atoms with Gasteiger partial charge >= 0.3 is 0 Å². The molecule has 0 spiro atoms. The Labute approximate surface area is 167 Å². The average Bonchev–Trinajstić information content (AvgIpc) is 2.63. The molecule has 1 amide bonds. The standard InChI is InChI=1S/C18H28N4O2.HI/c1-3-24-13-7-11-20-18(19-2)21-14-17(23)22-12-6-9-15-8-4-5-10-16(15)22;/h4-5,8,10H,3,6-7,9,11-14H2,1-2H3,(H2,19,20,21);1H. The van der Waals surface area contributed by atoms with Crippen LogP contribution >= 0.6 is 24.0 Å². The van der Waals surface area contributed by atoms with Crippen molar-refractivity contribution in [2.24, 2.45) is 4.99 Å². The van der Waals surface area contributed by atoms with E-state index in [9.17, 15) is 4.79 Å². The van der Waals surface area contributed by atoms with Crippen molar-refractivity contribution in [1.29, 1.82) is 0 Å². The number of nitrogens with zero attached hydrogens (tertiary/aromatic N) is 2. The summed E-state index contributed by atoms with van der Waals surface area (Å²) in [6.45, 7) is 5.22. The SMILES string of the molecule is CCOCCCNC(=NC)NCC(=O)N1CCCc2ccccc21.I. The zero-order valence-electron chi connectivity index (χ0n) is 15.1. The second kappa shape index (κ2) is 12.1. The number of hydrogen-bond acceptors (Lipinski definition) is 3. The lowest BCUT2D eigenvalue weighted by Gasteiger charge is -2.29. The molecule has 1 heterocycles. The molecule has 7 heteroatoms. The summed E-state index contributed by atoms with van der Waals surface area (Å²) in [6.07, 6.45) is 2.95. The van der Waals surface area contributed by atoms with Gasteiger partial charge in [0.1, 0.15) is 0 Å². The molecule has 2 N–H and O–H groups in total. The molecule has 6 nitrogen and oxygen atoms in total. The number of aliphatic imine (C=N–C) groups is 1. The third-order valence-corrected chi connectivity index (χ3v) is 4.00. The zero-order chi connectivity index (χ0) is 17.2. The van der Waals surface area contributed by atoms with E-state index in [1.165, 1.54) is 5.56 Å². The number of aryl methyl sites for hydroxylation is 1. The molecule has 0 saturated heterocycles. The number of hydrogen-bond donors (Lipinski definition) is 2. The van der Waals surface area contributed by atoms with Crippen molar-refractivity contribution in [3.05, 3.63) is 29.8 Å². The summed E-state index contributed by atoms with van der Waals surface area (Å²) in [7, 11) is 1.71. The van der Waals surface area contributed by atoms with E-state index in [0.717, 1.165) is 51.3 Å². The number of benzene rings is 1. The zero-order valence-corrected chi connectivity index (χ0v) is 17.4. The van der Waals surface area contributed by atoms with Gasteiger partial charge in [-0.2, -0.15) is 0 Å². The van der Waals surface area contributed by atoms with Gasteiger partial charge in [-0.15, -0.1) is 24.0 Å². The summed E-state index contributed by atoms with van der Waals surface area (Å²) in [5.74, 6) is 0.713. The molecule has 2 rings (SSSR count). The molecule has 1 aromatic rings. The minimum Gasteiger partial charge on any atom is -0.382 e. The van der Waals surface area contributed by atoms with E-state index in [0.29, 0.717) is 5.96 Å². The molecule has 0 radical (unpaired) electrons. The molecule has 0 saturated carbocycles. The first-order chi connectivity index (χ1) is 11.8. The van der Waals surface area contributed by atoms with E-state index in [1.807, 2.05) is 30.0 Å². The van der Waals surface area contributed by atoms with Gasteiger partial charge in [-0.3, -0.25) is 9.79 Å². The first-order valence-corrected chi connectivity index (χ1v) is 8.66. The molecule has 1 aliphatic rings. The maximum atomic E-state index is 12.6. The van der Waals surface area contributed by atoms with Crippen LogP contribution in [0.1, 0.15) is 25.3 Å². The maximum absolute atomic E-state index is 12.6. The summed E-state index contributed by atoms with van der Waals surface area (Å²) in [6, 6.07) is 8.13. The summed E-state index contributed by atoms with van der Waals surface area (Å²) < 4.78 is 5.30. The van der Waals surface area contributed by atoms with Crippen LogP contribution < -0.4 is 15.5 Å². The van der Waals surface area contributed by atoms with Crippen LogP contribution in [0.4, 0.5) is 5.69 Å². The lowest BCUT2D eigenvalue weighted by atomic mass is 10.0. The molecule has 25 heavy (non-hydrogen) atoms. The normalized spacial score (nSPS) is 13.7. The van der Waals surface area contributed by atoms with Crippen molar-refractivity contribution in [3.63, 3.8) is 0 Å². The summed E-state index contributed by atoms with van der Waals surface area (Å²) >= 11 is 0. The Balaban J connectivity index is 0.00000312. The topological polar surface area (TPSA) is 66.0 Å². The van der Waals surface area contributed by atoms with Crippen LogP contribution in [0.25, 0.3) is 0 Å². The van der Waals surface area contributed by atoms with Gasteiger partial charge in [0.2, 0.25) is 5.91 Å². The van der Waals surface area contributed by atoms with Gasteiger partial charge in [0.05, 0.1) is 6.54 Å². The molecule has 1 aromatic carbocycles. The summed E-state index contributed by atoms with van der Waals surface area (Å²) in [5, 5.41) is 6.29. The van der Waals surface area contributed by atoms with Crippen molar-refractivity contribution in [3.8, 4) is 0 Å². The Morgan fingerprint density at radius 2 is 2.12 bits per heavy atom. The average molecular weight is 460 g/mol. The van der Waals surface area contributed by atoms with Crippen molar-refractivity contribution in [1.82, 2.24) is 10.6 Å². The van der Waals surface area contributed by atoms with Crippen molar-refractivity contribution < 1.29 is 9.53 Å². The van der Waals surface area contributed by atoms with Gasteiger partial charge in [-0.25, -0.2) is 0 Å². The number of anilines is 1. The smallest absolute Gasteiger partial charge is 0.246 e. The van der Waals surface area contributed by atoms with E-state index < -0.39 is 0 Å². The van der Waals surface area contributed by atoms with Crippen LogP contribution in [-0.2, 0) is 16.0 Å². The molecule has 0 atom stereocenters. The number of nitrogens with one attached hydrogen (secondary N) is 2. The fourth-order valence-corrected chi connectivity index (χ4v) is 2.79. The molecular weight excluding hydrogens is 431 g/mol. The second-order valence-corrected chi connectivity index (χ2v) is 5.68. The number of guanidine groups is 1. The van der Waals surface area contributed by atoms with Crippen LogP contribution in [-0.4, -0.2) is 51.8 Å². The molecule has 1 aliphatic heterocycles. The number of ether oxygens (including phenoxy) is 1. The summed E-state index contributed by atoms with van der Waals surface area (Å²) in [5.41, 5.74) is 2.28. The van der Waals surface area contributed by atoms with Gasteiger partial charge in [-0.05, 0) is 37.8 Å². The van der Waals surface area contributed by atoms with Crippen LogP contribution in [0.3, 0.4) is 0 Å². The molecule has 0 bridgehead atoms. The highest BCUT2D eigenvalue weighted by atomic mass is 127. The number of halogens is 1. The predicted octanol–water partition coefficient (Wildman–Crippen LogP) is 2.18. The van der Waals surface area contributed by atoms with E-state index >= 15 is 0 Å². The lowest BCUT2D eigenvalue weighted by molar-refractivity contribution is -0.117. The van der Waals surface area contributed by atoms with Crippen LogP contribution in [0.2, 0.25) is 0 Å². The van der Waals surface area contributed by atoms with E-state index in [2.05, 4.69) is 21.7 Å². The third kappa shape index (κ3) is 6.81. The third-order valence-electron chi connectivity index (χ3n) is 4.00. The van der Waals surface area contributed by atoms with E-state index in [1.54, 1.807) is 7.05 Å². The predicted molar refractivity (Wildman–Crippen MR) is 113 cm³/mol. The minimum absolute atomic E-state index is 0. The van der Waals surface area contributed by atoms with Gasteiger partial charge < -0.3 is 20.3 Å². The number of para-hydroxylation sites is 1. The van der Waals surface area contributed by atoms with Crippen LogP contribution in [0.5, 0.6) is 0 Å². The quantitative estimate of drug-likeness (QED) is 0.284. The van der Waals surface area contributed by atoms with Crippen LogP contribution in [0, 0.1) is 0 Å². The number of carbonyl (C=O) groups excluding carboxylic acids is 1. The first kappa shape index (κ1) is 21.7. The van der Waals surface area contributed by atoms with Crippen LogP contribution in [0.15, 0.2) is 29.3 Å². The maximum Gasteiger partial charge on any atom is 0.246 e. The van der Waals surface area contributed by atoms with Gasteiger partial charge in [0, 0.05) is 39.0 Å². The highest BCUT2D eigenvalue weighted by Gasteiger charge is 2.21. The Kier molecular flexibility index (Phi) is 10.5. The highest BCUT2D eigenvalue weighted by Crippen LogP contribution is 2.26. The highest BCUT2D eigenvalue weighted by molar-refractivity contribution is 14.0. The number of carbonyl (C=O) groups is 1. The fraction of sp³-hybridized carbons (Fsp3) is 0.556. The van der Waals surface area contributed by atoms with E-state index in [4.69, 9.17) is 4.74 Å². The second-order valence-electron chi connectivity index (χ2n) is 5.68. The van der Waals surface area contributed by atoms with Gasteiger partial charge in [-0.1, -0.05) is 18.2 Å². The first-order valence-electron chi connectivity index (χ1n) is 8.66. The Morgan fingerprint density at radius 3 is 2.88 bits per heavy atom. The molecule has 0 fully saturated rings. The van der Waals surface area contributed by atoms with Gasteiger partial charge in [0.15, 0.2) is 5.96 Å². The number of amides is 1. The molecular formula is C18H29IN4O2. The van der Waals surface area contributed by atoms with Crippen molar-refractivity contribution in [2.45, 2.75) is 26.2 Å². The largest absolute Gasteiger partial charge is 0.382 e. The molecule has 0 unspecified atom stereocenters. The fourth-order valence-electron chi connectivity index (χ4n) is 2.79. The van der Waals surface area contributed by atoms with Crippen molar-refractivity contribution >= 4 is 41.5 Å². The number of rotatable bonds is 7. The molecule has 140 valence electrons. The Morgan fingerprint density at radius 1 is 1.32 bits per heavy atom. The number of fused-ring (bicyclic) bond motifs is 1. The Hall–Kier alpha value is -1.35. The monoisotopic (exact) mass is 460 g/mol.